The maximum Gasteiger partial charge on any atom is 0.341 e. The molecule has 0 aliphatic heterocycles. The lowest BCUT2D eigenvalue weighted by atomic mass is 10.3. The van der Waals surface area contributed by atoms with Crippen LogP contribution < -0.4 is 10.1 Å². The maximum absolute atomic E-state index is 11.8. The van der Waals surface area contributed by atoms with Crippen molar-refractivity contribution in [3.05, 3.63) is 40.8 Å². The number of carboxylic acids is 1. The minimum absolute atomic E-state index is 0.300. The van der Waals surface area contributed by atoms with E-state index in [9.17, 15) is 9.59 Å². The van der Waals surface area contributed by atoms with E-state index in [1.165, 1.54) is 11.3 Å². The molecule has 1 aromatic carbocycles. The molecule has 1 amide bonds. The molecule has 0 radical (unpaired) electrons. The smallest absolute Gasteiger partial charge is 0.341 e. The van der Waals surface area contributed by atoms with Crippen LogP contribution in [0.5, 0.6) is 5.75 Å². The Morgan fingerprint density at radius 3 is 2.84 bits per heavy atom. The lowest BCUT2D eigenvalue weighted by Gasteiger charge is -2.10. The number of carboxylic acid groups (broad SMARTS) is 1. The van der Waals surface area contributed by atoms with Crippen molar-refractivity contribution in [3.63, 3.8) is 0 Å². The summed E-state index contributed by atoms with van der Waals surface area (Å²) in [7, 11) is 0. The van der Waals surface area contributed by atoms with Gasteiger partial charge in [-0.3, -0.25) is 4.79 Å². The summed E-state index contributed by atoms with van der Waals surface area (Å²) in [6, 6.07) is 6.61. The molecule has 1 heterocycles. The van der Waals surface area contributed by atoms with Gasteiger partial charge in [-0.2, -0.15) is 0 Å². The largest absolute Gasteiger partial charge is 0.480 e. The topological polar surface area (TPSA) is 88.5 Å². The Morgan fingerprint density at radius 2 is 2.16 bits per heavy atom. The van der Waals surface area contributed by atoms with Gasteiger partial charge in [-0.1, -0.05) is 12.1 Å². The molecule has 0 bridgehead atoms. The summed E-state index contributed by atoms with van der Waals surface area (Å²) in [6.45, 7) is -0.469. The normalized spacial score (nSPS) is 9.89. The highest BCUT2D eigenvalue weighted by atomic mass is 32.1. The molecular weight excluding hydrogens is 268 g/mol. The number of benzene rings is 1. The van der Waals surface area contributed by atoms with Crippen LogP contribution in [0, 0.1) is 0 Å². The van der Waals surface area contributed by atoms with E-state index in [-0.39, 0.29) is 5.91 Å². The molecule has 0 saturated carbocycles. The summed E-state index contributed by atoms with van der Waals surface area (Å²) < 4.78 is 5.08. The third-order valence-electron chi connectivity index (χ3n) is 2.15. The zero-order valence-corrected chi connectivity index (χ0v) is 10.5. The molecule has 6 nitrogen and oxygen atoms in total. The number of amides is 1. The first-order valence-corrected chi connectivity index (χ1v) is 6.24. The number of thiazole rings is 1. The fraction of sp³-hybridized carbons (Fsp3) is 0.0833. The van der Waals surface area contributed by atoms with Gasteiger partial charge in [0.15, 0.2) is 6.61 Å². The van der Waals surface area contributed by atoms with E-state index < -0.39 is 12.6 Å². The highest BCUT2D eigenvalue weighted by Gasteiger charge is 2.11. The summed E-state index contributed by atoms with van der Waals surface area (Å²) in [5, 5.41) is 12.8. The average Bonchev–Trinajstić information content (AvgIpc) is 2.91. The van der Waals surface area contributed by atoms with Crippen molar-refractivity contribution in [2.75, 3.05) is 11.9 Å². The summed E-state index contributed by atoms with van der Waals surface area (Å²) in [5.74, 6) is -1.15. The molecule has 2 rings (SSSR count). The molecular formula is C12H10N2O4S. The summed E-state index contributed by atoms with van der Waals surface area (Å²) in [5.41, 5.74) is 2.27. The van der Waals surface area contributed by atoms with E-state index in [0.717, 1.165) is 0 Å². The molecule has 0 atom stereocenters. The van der Waals surface area contributed by atoms with Gasteiger partial charge in [0.1, 0.15) is 11.4 Å². The van der Waals surface area contributed by atoms with E-state index in [4.69, 9.17) is 9.84 Å². The molecule has 19 heavy (non-hydrogen) atoms. The Morgan fingerprint density at radius 1 is 1.37 bits per heavy atom. The van der Waals surface area contributed by atoms with Gasteiger partial charge in [-0.25, -0.2) is 9.78 Å². The number of anilines is 1. The minimum Gasteiger partial charge on any atom is -0.480 e. The van der Waals surface area contributed by atoms with E-state index in [2.05, 4.69) is 10.3 Å². The number of nitrogens with one attached hydrogen (secondary N) is 1. The van der Waals surface area contributed by atoms with Crippen LogP contribution in [0.3, 0.4) is 0 Å². The van der Waals surface area contributed by atoms with E-state index >= 15 is 0 Å². The Kier molecular flexibility index (Phi) is 4.09. The quantitative estimate of drug-likeness (QED) is 0.871. The SMILES string of the molecule is O=C(O)COc1ccccc1NC(=O)c1cscn1. The van der Waals surface area contributed by atoms with Gasteiger partial charge in [0.2, 0.25) is 0 Å². The van der Waals surface area contributed by atoms with Gasteiger partial charge >= 0.3 is 5.97 Å². The van der Waals surface area contributed by atoms with Gasteiger partial charge in [0.05, 0.1) is 11.2 Å². The summed E-state index contributed by atoms with van der Waals surface area (Å²) in [6.07, 6.45) is 0. The Labute approximate surface area is 112 Å². The number of aliphatic carboxylic acids is 1. The van der Waals surface area contributed by atoms with Crippen molar-refractivity contribution < 1.29 is 19.4 Å². The second kappa shape index (κ2) is 5.96. The second-order valence-corrected chi connectivity index (χ2v) is 4.23. The highest BCUT2D eigenvalue weighted by Crippen LogP contribution is 2.24. The standard InChI is InChI=1S/C12H10N2O4S/c15-11(16)5-18-10-4-2-1-3-8(10)14-12(17)9-6-19-7-13-9/h1-4,6-7H,5H2,(H,14,17)(H,15,16). The van der Waals surface area contributed by atoms with Crippen molar-refractivity contribution >= 4 is 28.9 Å². The molecule has 0 aliphatic carbocycles. The summed E-state index contributed by atoms with van der Waals surface area (Å²) >= 11 is 1.32. The minimum atomic E-state index is -1.08. The van der Waals surface area contributed by atoms with Gasteiger partial charge in [-0.15, -0.1) is 11.3 Å². The number of nitrogens with zero attached hydrogens (tertiary/aromatic N) is 1. The molecule has 0 saturated heterocycles. The van der Waals surface area contributed by atoms with Crippen molar-refractivity contribution in [3.8, 4) is 5.75 Å². The van der Waals surface area contributed by atoms with Gasteiger partial charge < -0.3 is 15.2 Å². The zero-order valence-electron chi connectivity index (χ0n) is 9.70. The fourth-order valence-corrected chi connectivity index (χ4v) is 1.88. The van der Waals surface area contributed by atoms with Crippen LogP contribution in [0.2, 0.25) is 0 Å². The number of hydrogen-bond donors (Lipinski definition) is 2. The van der Waals surface area contributed by atoms with Crippen molar-refractivity contribution in [1.82, 2.24) is 4.98 Å². The number of carbonyl (C=O) groups excluding carboxylic acids is 1. The average molecular weight is 278 g/mol. The van der Waals surface area contributed by atoms with Gasteiger partial charge in [0.25, 0.3) is 5.91 Å². The monoisotopic (exact) mass is 278 g/mol. The molecule has 0 fully saturated rings. The Hall–Kier alpha value is -2.41. The third-order valence-corrected chi connectivity index (χ3v) is 2.74. The predicted octanol–water partition coefficient (Wildman–Crippen LogP) is 1.86. The zero-order chi connectivity index (χ0) is 13.7. The van der Waals surface area contributed by atoms with Gasteiger partial charge in [-0.05, 0) is 12.1 Å². The fourth-order valence-electron chi connectivity index (χ4n) is 1.35. The van der Waals surface area contributed by atoms with Crippen LogP contribution in [0.25, 0.3) is 0 Å². The number of aromatic nitrogens is 1. The molecule has 0 unspecified atom stereocenters. The molecule has 2 N–H and O–H groups in total. The van der Waals surface area contributed by atoms with Crippen LogP contribution in [0.4, 0.5) is 5.69 Å². The first kappa shape index (κ1) is 13.0. The number of carbonyl (C=O) groups is 2. The van der Waals surface area contributed by atoms with Crippen molar-refractivity contribution in [2.24, 2.45) is 0 Å². The molecule has 2 aromatic rings. The molecule has 98 valence electrons. The van der Waals surface area contributed by atoms with E-state index in [1.54, 1.807) is 35.2 Å². The number of para-hydroxylation sites is 2. The molecule has 7 heteroatoms. The van der Waals surface area contributed by atoms with Crippen LogP contribution in [0.1, 0.15) is 10.5 Å². The lowest BCUT2D eigenvalue weighted by Crippen LogP contribution is -2.15. The highest BCUT2D eigenvalue weighted by molar-refractivity contribution is 7.07. The first-order valence-electron chi connectivity index (χ1n) is 5.30. The summed E-state index contributed by atoms with van der Waals surface area (Å²) in [4.78, 5) is 26.2. The first-order chi connectivity index (χ1) is 9.16. The van der Waals surface area contributed by atoms with E-state index in [0.29, 0.717) is 17.1 Å². The number of ether oxygens (including phenoxy) is 1. The van der Waals surface area contributed by atoms with Gasteiger partial charge in [0, 0.05) is 5.38 Å². The maximum atomic E-state index is 11.8. The molecule has 1 aromatic heterocycles. The van der Waals surface area contributed by atoms with Crippen LogP contribution in [0.15, 0.2) is 35.2 Å². The van der Waals surface area contributed by atoms with Crippen LogP contribution >= 0.6 is 11.3 Å². The Bertz CT molecular complexity index is 583. The molecule has 0 spiro atoms. The van der Waals surface area contributed by atoms with Crippen molar-refractivity contribution in [1.29, 1.82) is 0 Å². The van der Waals surface area contributed by atoms with E-state index in [1.807, 2.05) is 0 Å². The lowest BCUT2D eigenvalue weighted by molar-refractivity contribution is -0.139. The van der Waals surface area contributed by atoms with Crippen LogP contribution in [-0.2, 0) is 4.79 Å². The number of hydrogen-bond acceptors (Lipinski definition) is 5. The number of rotatable bonds is 5. The Balaban J connectivity index is 2.11. The van der Waals surface area contributed by atoms with Crippen molar-refractivity contribution in [2.45, 2.75) is 0 Å². The predicted molar refractivity (Wildman–Crippen MR) is 69.6 cm³/mol. The second-order valence-electron chi connectivity index (χ2n) is 3.51. The van der Waals surface area contributed by atoms with Crippen LogP contribution in [-0.4, -0.2) is 28.6 Å². The molecule has 0 aliphatic rings. The third kappa shape index (κ3) is 3.52.